The van der Waals surface area contributed by atoms with Crippen LogP contribution in [0.15, 0.2) is 23.4 Å². The van der Waals surface area contributed by atoms with Crippen molar-refractivity contribution < 1.29 is 9.90 Å². The first-order chi connectivity index (χ1) is 8.34. The van der Waals surface area contributed by atoms with E-state index < -0.39 is 6.10 Å². The molecule has 0 radical (unpaired) electrons. The first-order valence-corrected chi connectivity index (χ1v) is 7.03. The lowest BCUT2D eigenvalue weighted by Gasteiger charge is -2.25. The molecule has 1 aromatic heterocycles. The molecule has 1 amide bonds. The molecule has 0 aliphatic carbocycles. The molecule has 0 aromatic carbocycles. The summed E-state index contributed by atoms with van der Waals surface area (Å²) in [5.74, 6) is -0.184. The van der Waals surface area contributed by atoms with Gasteiger partial charge in [-0.3, -0.25) is 4.79 Å². The normalized spacial score (nSPS) is 13.2. The number of amides is 1. The zero-order chi connectivity index (χ0) is 13.8. The molecule has 1 atom stereocenters. The summed E-state index contributed by atoms with van der Waals surface area (Å²) in [4.78, 5) is 16.0. The fraction of sp³-hybridized carbons (Fsp3) is 0.538. The van der Waals surface area contributed by atoms with Gasteiger partial charge in [-0.1, -0.05) is 20.8 Å². The van der Waals surface area contributed by atoms with Crippen LogP contribution < -0.4 is 5.32 Å². The monoisotopic (exact) mass is 268 g/mol. The van der Waals surface area contributed by atoms with Gasteiger partial charge >= 0.3 is 0 Å². The minimum atomic E-state index is -0.566. The number of aromatic nitrogens is 1. The van der Waals surface area contributed by atoms with E-state index in [1.54, 1.807) is 18.3 Å². The molecule has 18 heavy (non-hydrogen) atoms. The van der Waals surface area contributed by atoms with E-state index in [1.165, 1.54) is 11.8 Å². The summed E-state index contributed by atoms with van der Waals surface area (Å²) >= 11 is 1.49. The maximum Gasteiger partial charge on any atom is 0.251 e. The third-order valence-corrected chi connectivity index (χ3v) is 3.30. The fourth-order valence-electron chi connectivity index (χ4n) is 1.26. The molecule has 0 saturated carbocycles. The Morgan fingerprint density at radius 1 is 1.56 bits per heavy atom. The van der Waals surface area contributed by atoms with Gasteiger partial charge in [-0.2, -0.15) is 0 Å². The van der Waals surface area contributed by atoms with Crippen molar-refractivity contribution in [2.45, 2.75) is 31.9 Å². The molecule has 0 fully saturated rings. The number of hydrogen-bond donors (Lipinski definition) is 2. The van der Waals surface area contributed by atoms with Gasteiger partial charge in [0.05, 0.1) is 11.1 Å². The standard InChI is InChI=1S/C13H20N2O2S/c1-13(2,3)10(16)8-15-12(17)9-5-6-14-11(7-9)18-4/h5-7,10,16H,8H2,1-4H3,(H,15,17). The molecule has 0 spiro atoms. The summed E-state index contributed by atoms with van der Waals surface area (Å²) in [6.45, 7) is 6.05. The summed E-state index contributed by atoms with van der Waals surface area (Å²) in [5.41, 5.74) is 0.325. The second-order valence-electron chi connectivity index (χ2n) is 5.18. The molecule has 2 N–H and O–H groups in total. The third kappa shape index (κ3) is 4.31. The molecule has 0 bridgehead atoms. The Bertz CT molecular complexity index is 416. The van der Waals surface area contributed by atoms with Gasteiger partial charge in [0, 0.05) is 18.3 Å². The highest BCUT2D eigenvalue weighted by molar-refractivity contribution is 7.98. The zero-order valence-corrected chi connectivity index (χ0v) is 12.0. The number of carbonyl (C=O) groups excluding carboxylic acids is 1. The molecule has 100 valence electrons. The number of aliphatic hydroxyl groups is 1. The van der Waals surface area contributed by atoms with Crippen LogP contribution >= 0.6 is 11.8 Å². The van der Waals surface area contributed by atoms with Gasteiger partial charge in [0.2, 0.25) is 0 Å². The van der Waals surface area contributed by atoms with Gasteiger partial charge in [0.1, 0.15) is 0 Å². The number of aliphatic hydroxyl groups excluding tert-OH is 1. The molecule has 1 heterocycles. The van der Waals surface area contributed by atoms with E-state index in [4.69, 9.17) is 0 Å². The minimum Gasteiger partial charge on any atom is -0.391 e. The molecule has 1 rings (SSSR count). The van der Waals surface area contributed by atoms with Crippen LogP contribution in [0.5, 0.6) is 0 Å². The summed E-state index contributed by atoms with van der Waals surface area (Å²) in [7, 11) is 0. The molecule has 5 heteroatoms. The van der Waals surface area contributed by atoms with Gasteiger partial charge in [-0.25, -0.2) is 4.98 Å². The third-order valence-electron chi connectivity index (χ3n) is 2.66. The van der Waals surface area contributed by atoms with Crippen molar-refractivity contribution >= 4 is 17.7 Å². The van der Waals surface area contributed by atoms with E-state index in [0.717, 1.165) is 5.03 Å². The predicted molar refractivity (Wildman–Crippen MR) is 73.8 cm³/mol. The van der Waals surface area contributed by atoms with Crippen molar-refractivity contribution in [2.75, 3.05) is 12.8 Å². The van der Waals surface area contributed by atoms with Gasteiger partial charge in [0.15, 0.2) is 0 Å². The second-order valence-corrected chi connectivity index (χ2v) is 6.01. The lowest BCUT2D eigenvalue weighted by molar-refractivity contribution is 0.0587. The van der Waals surface area contributed by atoms with Gasteiger partial charge in [0.25, 0.3) is 5.91 Å². The number of nitrogens with one attached hydrogen (secondary N) is 1. The molecule has 0 aliphatic rings. The highest BCUT2D eigenvalue weighted by Gasteiger charge is 2.22. The molecular formula is C13H20N2O2S. The number of rotatable bonds is 4. The Hall–Kier alpha value is -1.07. The number of pyridine rings is 1. The van der Waals surface area contributed by atoms with Crippen LogP contribution in [0.25, 0.3) is 0 Å². The van der Waals surface area contributed by atoms with Crippen molar-refractivity contribution in [1.29, 1.82) is 0 Å². The summed E-state index contributed by atoms with van der Waals surface area (Å²) in [5, 5.41) is 13.4. The van der Waals surface area contributed by atoms with E-state index >= 15 is 0 Å². The Kier molecular flexibility index (Phi) is 5.16. The van der Waals surface area contributed by atoms with Gasteiger partial charge < -0.3 is 10.4 Å². The Labute approximate surface area is 112 Å². The van der Waals surface area contributed by atoms with Crippen LogP contribution in [-0.2, 0) is 0 Å². The number of hydrogen-bond acceptors (Lipinski definition) is 4. The Morgan fingerprint density at radius 3 is 2.78 bits per heavy atom. The molecular weight excluding hydrogens is 248 g/mol. The van der Waals surface area contributed by atoms with Crippen LogP contribution in [-0.4, -0.2) is 34.9 Å². The average Bonchev–Trinajstić information content (AvgIpc) is 2.34. The first kappa shape index (κ1) is 15.0. The van der Waals surface area contributed by atoms with Crippen LogP contribution in [0.2, 0.25) is 0 Å². The lowest BCUT2D eigenvalue weighted by Crippen LogP contribution is -2.39. The van der Waals surface area contributed by atoms with Crippen LogP contribution in [0, 0.1) is 5.41 Å². The van der Waals surface area contributed by atoms with E-state index in [9.17, 15) is 9.90 Å². The van der Waals surface area contributed by atoms with E-state index in [0.29, 0.717) is 5.56 Å². The quantitative estimate of drug-likeness (QED) is 0.819. The Morgan fingerprint density at radius 2 is 2.22 bits per heavy atom. The largest absolute Gasteiger partial charge is 0.391 e. The van der Waals surface area contributed by atoms with Crippen LogP contribution in [0.4, 0.5) is 0 Å². The topological polar surface area (TPSA) is 62.2 Å². The highest BCUT2D eigenvalue weighted by Crippen LogP contribution is 2.18. The van der Waals surface area contributed by atoms with Crippen molar-refractivity contribution in [3.63, 3.8) is 0 Å². The Balaban J connectivity index is 2.60. The number of nitrogens with zero attached hydrogens (tertiary/aromatic N) is 1. The van der Waals surface area contributed by atoms with Crippen molar-refractivity contribution in [3.05, 3.63) is 23.9 Å². The molecule has 1 aromatic rings. The number of carbonyl (C=O) groups is 1. The van der Waals surface area contributed by atoms with Crippen LogP contribution in [0.3, 0.4) is 0 Å². The summed E-state index contributed by atoms with van der Waals surface area (Å²) in [6.07, 6.45) is 2.96. The summed E-state index contributed by atoms with van der Waals surface area (Å²) in [6, 6.07) is 3.40. The number of thioether (sulfide) groups is 1. The van der Waals surface area contributed by atoms with Gasteiger partial charge in [-0.05, 0) is 23.8 Å². The maximum atomic E-state index is 11.9. The smallest absolute Gasteiger partial charge is 0.251 e. The second kappa shape index (κ2) is 6.20. The molecule has 1 unspecified atom stereocenters. The minimum absolute atomic E-state index is 0.184. The van der Waals surface area contributed by atoms with Crippen LogP contribution in [0.1, 0.15) is 31.1 Å². The van der Waals surface area contributed by atoms with Crippen molar-refractivity contribution in [2.24, 2.45) is 5.41 Å². The lowest BCUT2D eigenvalue weighted by atomic mass is 9.89. The maximum absolute atomic E-state index is 11.9. The van der Waals surface area contributed by atoms with Gasteiger partial charge in [-0.15, -0.1) is 11.8 Å². The SMILES string of the molecule is CSc1cc(C(=O)NCC(O)C(C)(C)C)ccn1. The molecule has 4 nitrogen and oxygen atoms in total. The van der Waals surface area contributed by atoms with E-state index in [-0.39, 0.29) is 17.9 Å². The van der Waals surface area contributed by atoms with E-state index in [2.05, 4.69) is 10.3 Å². The van der Waals surface area contributed by atoms with Crippen molar-refractivity contribution in [1.82, 2.24) is 10.3 Å². The van der Waals surface area contributed by atoms with E-state index in [1.807, 2.05) is 27.0 Å². The highest BCUT2D eigenvalue weighted by atomic mass is 32.2. The first-order valence-electron chi connectivity index (χ1n) is 5.81. The fourth-order valence-corrected chi connectivity index (χ4v) is 1.67. The van der Waals surface area contributed by atoms with Crippen molar-refractivity contribution in [3.8, 4) is 0 Å². The zero-order valence-electron chi connectivity index (χ0n) is 11.2. The predicted octanol–water partition coefficient (Wildman–Crippen LogP) is 1.94. The molecule has 0 aliphatic heterocycles. The average molecular weight is 268 g/mol. The summed E-state index contributed by atoms with van der Waals surface area (Å²) < 4.78 is 0. The molecule has 0 saturated heterocycles.